The van der Waals surface area contributed by atoms with E-state index in [9.17, 15) is 4.79 Å². The summed E-state index contributed by atoms with van der Waals surface area (Å²) in [7, 11) is 1.48. The molecule has 0 saturated heterocycles. The van der Waals surface area contributed by atoms with Gasteiger partial charge in [-0.05, 0) is 24.7 Å². The topological polar surface area (TPSA) is 38.3 Å². The minimum atomic E-state index is -0.118. The van der Waals surface area contributed by atoms with E-state index < -0.39 is 0 Å². The number of esters is 1. The zero-order valence-electron chi connectivity index (χ0n) is 12.4. The molecule has 4 unspecified atom stereocenters. The van der Waals surface area contributed by atoms with Crippen molar-refractivity contribution >= 4 is 5.97 Å². The van der Waals surface area contributed by atoms with Crippen LogP contribution in [0, 0.1) is 11.8 Å². The first-order valence-corrected chi connectivity index (χ1v) is 7.44. The SMILES string of the molecule is CCCCC(NC1CCCC(C)C1C)C(=O)OC. The lowest BCUT2D eigenvalue weighted by Crippen LogP contribution is -2.49. The first-order chi connectivity index (χ1) is 8.60. The third-order valence-electron chi connectivity index (χ3n) is 4.45. The molecule has 1 aliphatic rings. The van der Waals surface area contributed by atoms with Crippen LogP contribution in [0.1, 0.15) is 59.3 Å². The van der Waals surface area contributed by atoms with Crippen LogP contribution in [0.15, 0.2) is 0 Å². The number of carbonyl (C=O) groups excluding carboxylic acids is 1. The predicted molar refractivity (Wildman–Crippen MR) is 74.4 cm³/mol. The number of ether oxygens (including phenoxy) is 1. The molecule has 0 aromatic carbocycles. The first-order valence-electron chi connectivity index (χ1n) is 7.44. The van der Waals surface area contributed by atoms with Gasteiger partial charge in [0.05, 0.1) is 7.11 Å². The van der Waals surface area contributed by atoms with Crippen LogP contribution < -0.4 is 5.32 Å². The van der Waals surface area contributed by atoms with Crippen LogP contribution in [0.2, 0.25) is 0 Å². The van der Waals surface area contributed by atoms with Gasteiger partial charge in [0.2, 0.25) is 0 Å². The zero-order chi connectivity index (χ0) is 13.5. The van der Waals surface area contributed by atoms with Crippen molar-refractivity contribution in [1.29, 1.82) is 0 Å². The van der Waals surface area contributed by atoms with Crippen LogP contribution >= 0.6 is 0 Å². The van der Waals surface area contributed by atoms with Gasteiger partial charge in [-0.25, -0.2) is 0 Å². The standard InChI is InChI=1S/C15H29NO2/c1-5-6-9-14(15(17)18-4)16-13-10-7-8-11(2)12(13)3/h11-14,16H,5-10H2,1-4H3. The van der Waals surface area contributed by atoms with E-state index in [4.69, 9.17) is 4.74 Å². The summed E-state index contributed by atoms with van der Waals surface area (Å²) in [5, 5.41) is 3.55. The van der Waals surface area contributed by atoms with Gasteiger partial charge in [0.1, 0.15) is 6.04 Å². The largest absolute Gasteiger partial charge is 0.468 e. The maximum atomic E-state index is 11.8. The maximum absolute atomic E-state index is 11.8. The summed E-state index contributed by atoms with van der Waals surface area (Å²) in [6.45, 7) is 6.77. The lowest BCUT2D eigenvalue weighted by molar-refractivity contribution is -0.143. The Hall–Kier alpha value is -0.570. The van der Waals surface area contributed by atoms with Crippen LogP contribution in [0.4, 0.5) is 0 Å². The molecule has 0 heterocycles. The molecule has 0 amide bonds. The van der Waals surface area contributed by atoms with E-state index in [2.05, 4.69) is 26.1 Å². The molecule has 1 aliphatic carbocycles. The smallest absolute Gasteiger partial charge is 0.322 e. The van der Waals surface area contributed by atoms with Gasteiger partial charge < -0.3 is 10.1 Å². The van der Waals surface area contributed by atoms with Crippen molar-refractivity contribution in [1.82, 2.24) is 5.32 Å². The van der Waals surface area contributed by atoms with Crippen LogP contribution in [0.5, 0.6) is 0 Å². The normalized spacial score (nSPS) is 29.9. The molecule has 3 heteroatoms. The van der Waals surface area contributed by atoms with Gasteiger partial charge in [0, 0.05) is 6.04 Å². The van der Waals surface area contributed by atoms with Crippen LogP contribution in [-0.2, 0) is 9.53 Å². The molecule has 18 heavy (non-hydrogen) atoms. The molecule has 3 nitrogen and oxygen atoms in total. The third-order valence-corrected chi connectivity index (χ3v) is 4.45. The van der Waals surface area contributed by atoms with Crippen LogP contribution in [0.25, 0.3) is 0 Å². The lowest BCUT2D eigenvalue weighted by Gasteiger charge is -2.36. The number of hydrogen-bond acceptors (Lipinski definition) is 3. The number of methoxy groups -OCH3 is 1. The first kappa shape index (κ1) is 15.5. The molecule has 0 bridgehead atoms. The van der Waals surface area contributed by atoms with Gasteiger partial charge in [-0.3, -0.25) is 4.79 Å². The Bertz CT molecular complexity index is 255. The average molecular weight is 255 g/mol. The molecule has 0 aromatic rings. The average Bonchev–Trinajstić information content (AvgIpc) is 2.38. The molecule has 0 aromatic heterocycles. The second-order valence-corrected chi connectivity index (χ2v) is 5.76. The van der Waals surface area contributed by atoms with E-state index >= 15 is 0 Å². The van der Waals surface area contributed by atoms with Crippen LogP contribution in [-0.4, -0.2) is 25.2 Å². The van der Waals surface area contributed by atoms with Gasteiger partial charge in [-0.1, -0.05) is 46.5 Å². The molecule has 1 saturated carbocycles. The monoisotopic (exact) mass is 255 g/mol. The van der Waals surface area contributed by atoms with E-state index in [0.717, 1.165) is 25.2 Å². The summed E-state index contributed by atoms with van der Waals surface area (Å²) in [6.07, 6.45) is 6.85. The molecular formula is C15H29NO2. The van der Waals surface area contributed by atoms with Gasteiger partial charge in [0.15, 0.2) is 0 Å². The summed E-state index contributed by atoms with van der Waals surface area (Å²) in [6, 6.07) is 0.349. The molecule has 1 fully saturated rings. The van der Waals surface area contributed by atoms with Gasteiger partial charge >= 0.3 is 5.97 Å². The molecule has 4 atom stereocenters. The second kappa shape index (κ2) is 7.78. The predicted octanol–water partition coefficient (Wildman–Crippen LogP) is 3.13. The third kappa shape index (κ3) is 4.27. The van der Waals surface area contributed by atoms with Crippen molar-refractivity contribution in [2.75, 3.05) is 7.11 Å². The highest BCUT2D eigenvalue weighted by Gasteiger charge is 2.30. The molecule has 106 valence electrons. The fourth-order valence-electron chi connectivity index (χ4n) is 2.90. The van der Waals surface area contributed by atoms with Crippen molar-refractivity contribution in [3.05, 3.63) is 0 Å². The molecular weight excluding hydrogens is 226 g/mol. The fraction of sp³-hybridized carbons (Fsp3) is 0.933. The Morgan fingerprint density at radius 3 is 2.72 bits per heavy atom. The molecule has 0 radical (unpaired) electrons. The molecule has 0 aliphatic heterocycles. The Balaban J connectivity index is 2.55. The highest BCUT2D eigenvalue weighted by molar-refractivity contribution is 5.75. The number of carbonyl (C=O) groups is 1. The summed E-state index contributed by atoms with van der Waals surface area (Å²) in [4.78, 5) is 11.8. The minimum absolute atomic E-state index is 0.103. The molecule has 1 N–H and O–H groups in total. The van der Waals surface area contributed by atoms with Crippen LogP contribution in [0.3, 0.4) is 0 Å². The number of rotatable bonds is 6. The molecule has 1 rings (SSSR count). The van der Waals surface area contributed by atoms with E-state index in [1.807, 2.05) is 0 Å². The maximum Gasteiger partial charge on any atom is 0.322 e. The van der Waals surface area contributed by atoms with Gasteiger partial charge in [-0.2, -0.15) is 0 Å². The van der Waals surface area contributed by atoms with E-state index in [0.29, 0.717) is 12.0 Å². The summed E-state index contributed by atoms with van der Waals surface area (Å²) in [5.41, 5.74) is 0. The number of hydrogen-bond donors (Lipinski definition) is 1. The molecule has 0 spiro atoms. The van der Waals surface area contributed by atoms with E-state index in [1.165, 1.54) is 26.4 Å². The number of unbranched alkanes of at least 4 members (excludes halogenated alkanes) is 1. The Morgan fingerprint density at radius 2 is 2.11 bits per heavy atom. The van der Waals surface area contributed by atoms with Crippen molar-refractivity contribution in [2.24, 2.45) is 11.8 Å². The second-order valence-electron chi connectivity index (χ2n) is 5.76. The summed E-state index contributed by atoms with van der Waals surface area (Å²) in [5.74, 6) is 1.29. The lowest BCUT2D eigenvalue weighted by atomic mass is 9.77. The van der Waals surface area contributed by atoms with Gasteiger partial charge in [0.25, 0.3) is 0 Å². The Morgan fingerprint density at radius 1 is 1.39 bits per heavy atom. The quantitative estimate of drug-likeness (QED) is 0.741. The Labute approximate surface area is 112 Å². The minimum Gasteiger partial charge on any atom is -0.468 e. The van der Waals surface area contributed by atoms with Crippen molar-refractivity contribution < 1.29 is 9.53 Å². The van der Waals surface area contributed by atoms with Crippen molar-refractivity contribution in [3.63, 3.8) is 0 Å². The van der Waals surface area contributed by atoms with E-state index in [1.54, 1.807) is 0 Å². The zero-order valence-corrected chi connectivity index (χ0v) is 12.4. The fourth-order valence-corrected chi connectivity index (χ4v) is 2.90. The van der Waals surface area contributed by atoms with Gasteiger partial charge in [-0.15, -0.1) is 0 Å². The summed E-state index contributed by atoms with van der Waals surface area (Å²) >= 11 is 0. The highest BCUT2D eigenvalue weighted by atomic mass is 16.5. The van der Waals surface area contributed by atoms with Crippen molar-refractivity contribution in [3.8, 4) is 0 Å². The van der Waals surface area contributed by atoms with E-state index in [-0.39, 0.29) is 12.0 Å². The highest BCUT2D eigenvalue weighted by Crippen LogP contribution is 2.30. The van der Waals surface area contributed by atoms with Crippen molar-refractivity contribution in [2.45, 2.75) is 71.4 Å². The number of nitrogens with one attached hydrogen (secondary N) is 1. The summed E-state index contributed by atoms with van der Waals surface area (Å²) < 4.78 is 4.91. The Kier molecular flexibility index (Phi) is 6.69.